The van der Waals surface area contributed by atoms with Crippen LogP contribution in [0.5, 0.6) is 0 Å². The highest BCUT2D eigenvalue weighted by Gasteiger charge is 2.12. The lowest BCUT2D eigenvalue weighted by atomic mass is 10.2. The first kappa shape index (κ1) is 11.4. The molecule has 0 atom stereocenters. The molecule has 2 aromatic rings. The Morgan fingerprint density at radius 2 is 2.12 bits per heavy atom. The second-order valence-corrected chi connectivity index (χ2v) is 4.57. The Hall–Kier alpha value is -1.07. The summed E-state index contributed by atoms with van der Waals surface area (Å²) in [6.07, 6.45) is 0. The summed E-state index contributed by atoms with van der Waals surface area (Å²) in [6, 6.07) is 5.57. The van der Waals surface area contributed by atoms with Gasteiger partial charge < -0.3 is 5.32 Å². The van der Waals surface area contributed by atoms with Gasteiger partial charge in [0.05, 0.1) is 0 Å². The average molecular weight is 302 g/mol. The number of hydrogen-bond donors (Lipinski definition) is 1. The van der Waals surface area contributed by atoms with Gasteiger partial charge in [0, 0.05) is 29.2 Å². The first-order chi connectivity index (χ1) is 7.63. The van der Waals surface area contributed by atoms with E-state index in [0.29, 0.717) is 11.0 Å². The minimum absolute atomic E-state index is 0.673. The molecule has 0 amide bonds. The summed E-state index contributed by atoms with van der Waals surface area (Å²) in [7, 11) is 3.70. The van der Waals surface area contributed by atoms with E-state index in [0.717, 1.165) is 15.9 Å². The smallest absolute Gasteiger partial charge is 0.224 e. The van der Waals surface area contributed by atoms with Crippen molar-refractivity contribution in [2.24, 2.45) is 7.05 Å². The van der Waals surface area contributed by atoms with Crippen LogP contribution >= 0.6 is 27.5 Å². The predicted octanol–water partition coefficient (Wildman–Crippen LogP) is 2.94. The van der Waals surface area contributed by atoms with Crippen LogP contribution in [0.4, 0.5) is 5.95 Å². The van der Waals surface area contributed by atoms with Crippen LogP contribution in [0.2, 0.25) is 5.02 Å². The molecule has 0 spiro atoms. The second kappa shape index (κ2) is 4.43. The van der Waals surface area contributed by atoms with E-state index in [1.54, 1.807) is 7.05 Å². The van der Waals surface area contributed by atoms with Crippen molar-refractivity contribution in [1.29, 1.82) is 0 Å². The van der Waals surface area contributed by atoms with Crippen LogP contribution in [0, 0.1) is 0 Å². The highest BCUT2D eigenvalue weighted by Crippen LogP contribution is 2.30. The molecule has 0 bridgehead atoms. The maximum Gasteiger partial charge on any atom is 0.224 e. The van der Waals surface area contributed by atoms with Gasteiger partial charge in [-0.15, -0.1) is 10.2 Å². The number of benzene rings is 1. The molecule has 1 aromatic carbocycles. The van der Waals surface area contributed by atoms with Gasteiger partial charge in [-0.05, 0) is 18.2 Å². The minimum Gasteiger partial charge on any atom is -0.357 e. The van der Waals surface area contributed by atoms with Gasteiger partial charge in [0.2, 0.25) is 5.95 Å². The zero-order chi connectivity index (χ0) is 11.7. The largest absolute Gasteiger partial charge is 0.357 e. The molecule has 1 heterocycles. The van der Waals surface area contributed by atoms with Crippen molar-refractivity contribution in [3.8, 4) is 11.4 Å². The standard InChI is InChI=1S/C10H10BrClN4/c1-13-10-15-14-9(16(10)2)7-5-6(12)3-4-8(7)11/h3-5H,1-2H3,(H,13,15). The van der Waals surface area contributed by atoms with E-state index in [-0.39, 0.29) is 0 Å². The van der Waals surface area contributed by atoms with Crippen LogP contribution in [0.3, 0.4) is 0 Å². The summed E-state index contributed by atoms with van der Waals surface area (Å²) in [5.41, 5.74) is 0.920. The molecule has 1 N–H and O–H groups in total. The average Bonchev–Trinajstić information content (AvgIpc) is 2.63. The van der Waals surface area contributed by atoms with Crippen molar-refractivity contribution >= 4 is 33.5 Å². The third-order valence-corrected chi connectivity index (χ3v) is 3.19. The maximum absolute atomic E-state index is 5.97. The molecule has 84 valence electrons. The van der Waals surface area contributed by atoms with Gasteiger partial charge in [-0.2, -0.15) is 0 Å². The van der Waals surface area contributed by atoms with Crippen LogP contribution in [0.15, 0.2) is 22.7 Å². The minimum atomic E-state index is 0.673. The third-order valence-electron chi connectivity index (χ3n) is 2.27. The molecule has 0 saturated carbocycles. The third kappa shape index (κ3) is 1.92. The molecular weight excluding hydrogens is 291 g/mol. The lowest BCUT2D eigenvalue weighted by molar-refractivity contribution is 0.924. The Morgan fingerprint density at radius 1 is 1.38 bits per heavy atom. The Labute approximate surface area is 107 Å². The summed E-state index contributed by atoms with van der Waals surface area (Å²) >= 11 is 9.44. The molecule has 0 fully saturated rings. The SMILES string of the molecule is CNc1nnc(-c2cc(Cl)ccc2Br)n1C. The lowest BCUT2D eigenvalue weighted by Gasteiger charge is -2.05. The topological polar surface area (TPSA) is 42.7 Å². The van der Waals surface area contributed by atoms with E-state index in [1.807, 2.05) is 29.8 Å². The fourth-order valence-electron chi connectivity index (χ4n) is 1.45. The monoisotopic (exact) mass is 300 g/mol. The summed E-state index contributed by atoms with van der Waals surface area (Å²) in [5, 5.41) is 11.8. The Morgan fingerprint density at radius 3 is 2.75 bits per heavy atom. The maximum atomic E-state index is 5.97. The summed E-state index contributed by atoms with van der Waals surface area (Å²) in [4.78, 5) is 0. The molecular formula is C10H10BrClN4. The van der Waals surface area contributed by atoms with Crippen LogP contribution in [0.25, 0.3) is 11.4 Å². The first-order valence-electron chi connectivity index (χ1n) is 4.66. The van der Waals surface area contributed by atoms with Crippen LogP contribution in [0.1, 0.15) is 0 Å². The van der Waals surface area contributed by atoms with E-state index in [2.05, 4.69) is 31.4 Å². The Bertz CT molecular complexity index is 524. The van der Waals surface area contributed by atoms with Crippen molar-refractivity contribution in [3.05, 3.63) is 27.7 Å². The van der Waals surface area contributed by atoms with Gasteiger partial charge in [0.1, 0.15) is 0 Å². The lowest BCUT2D eigenvalue weighted by Crippen LogP contribution is -1.99. The highest BCUT2D eigenvalue weighted by molar-refractivity contribution is 9.10. The normalized spacial score (nSPS) is 10.5. The zero-order valence-corrected chi connectivity index (χ0v) is 11.2. The molecule has 2 rings (SSSR count). The molecule has 6 heteroatoms. The van der Waals surface area contributed by atoms with Crippen LogP contribution < -0.4 is 5.32 Å². The van der Waals surface area contributed by atoms with Gasteiger partial charge in [-0.25, -0.2) is 0 Å². The fraction of sp³-hybridized carbons (Fsp3) is 0.200. The van der Waals surface area contributed by atoms with Crippen molar-refractivity contribution in [1.82, 2.24) is 14.8 Å². The molecule has 0 aliphatic rings. The summed E-state index contributed by atoms with van der Waals surface area (Å²) in [5.74, 6) is 1.47. The quantitative estimate of drug-likeness (QED) is 0.927. The van der Waals surface area contributed by atoms with Crippen molar-refractivity contribution in [3.63, 3.8) is 0 Å². The van der Waals surface area contributed by atoms with E-state index >= 15 is 0 Å². The number of aromatic nitrogens is 3. The van der Waals surface area contributed by atoms with Crippen molar-refractivity contribution in [2.45, 2.75) is 0 Å². The molecule has 0 unspecified atom stereocenters. The molecule has 0 radical (unpaired) electrons. The van der Waals surface area contributed by atoms with Crippen LogP contribution in [-0.4, -0.2) is 21.8 Å². The Balaban J connectivity index is 2.58. The molecule has 0 aliphatic heterocycles. The predicted molar refractivity (Wildman–Crippen MR) is 68.7 cm³/mol. The zero-order valence-electron chi connectivity index (χ0n) is 8.83. The number of nitrogens with one attached hydrogen (secondary N) is 1. The van der Waals surface area contributed by atoms with E-state index < -0.39 is 0 Å². The molecule has 4 nitrogen and oxygen atoms in total. The van der Waals surface area contributed by atoms with E-state index in [4.69, 9.17) is 11.6 Å². The molecule has 16 heavy (non-hydrogen) atoms. The van der Waals surface area contributed by atoms with Gasteiger partial charge in [0.15, 0.2) is 5.82 Å². The molecule has 1 aromatic heterocycles. The van der Waals surface area contributed by atoms with Gasteiger partial charge in [0.25, 0.3) is 0 Å². The van der Waals surface area contributed by atoms with Gasteiger partial charge in [-0.3, -0.25) is 4.57 Å². The molecule has 0 aliphatic carbocycles. The fourth-order valence-corrected chi connectivity index (χ4v) is 2.05. The number of hydrogen-bond acceptors (Lipinski definition) is 3. The number of halogens is 2. The van der Waals surface area contributed by atoms with E-state index in [9.17, 15) is 0 Å². The molecule has 0 saturated heterocycles. The summed E-state index contributed by atoms with van der Waals surface area (Å²) < 4.78 is 2.81. The highest BCUT2D eigenvalue weighted by atomic mass is 79.9. The number of anilines is 1. The van der Waals surface area contributed by atoms with Gasteiger partial charge in [-0.1, -0.05) is 27.5 Å². The second-order valence-electron chi connectivity index (χ2n) is 3.28. The van der Waals surface area contributed by atoms with E-state index in [1.165, 1.54) is 0 Å². The van der Waals surface area contributed by atoms with Crippen LogP contribution in [-0.2, 0) is 7.05 Å². The number of nitrogens with zero attached hydrogens (tertiary/aromatic N) is 3. The Kier molecular flexibility index (Phi) is 3.16. The van der Waals surface area contributed by atoms with Gasteiger partial charge >= 0.3 is 0 Å². The van der Waals surface area contributed by atoms with Crippen molar-refractivity contribution in [2.75, 3.05) is 12.4 Å². The summed E-state index contributed by atoms with van der Waals surface area (Å²) in [6.45, 7) is 0. The number of rotatable bonds is 2. The first-order valence-corrected chi connectivity index (χ1v) is 5.83. The van der Waals surface area contributed by atoms with Crippen molar-refractivity contribution < 1.29 is 0 Å².